The fourth-order valence-corrected chi connectivity index (χ4v) is 2.05. The van der Waals surface area contributed by atoms with E-state index in [2.05, 4.69) is 36.6 Å². The minimum atomic E-state index is -0.0263. The summed E-state index contributed by atoms with van der Waals surface area (Å²) in [6, 6.07) is -0.0263. The molecule has 1 aliphatic carbocycles. The first-order chi connectivity index (χ1) is 7.60. The van der Waals surface area contributed by atoms with Crippen LogP contribution in [0.25, 0.3) is 0 Å². The van der Waals surface area contributed by atoms with E-state index in [9.17, 15) is 4.79 Å². The molecule has 1 fully saturated rings. The molecule has 0 aromatic carbocycles. The number of nitrogens with zero attached hydrogens (tertiary/aromatic N) is 1. The van der Waals surface area contributed by atoms with Crippen LogP contribution < -0.4 is 10.6 Å². The zero-order valence-corrected chi connectivity index (χ0v) is 10.8. The molecule has 1 rings (SSSR count). The third-order valence-corrected chi connectivity index (χ3v) is 3.63. The topological polar surface area (TPSA) is 44.4 Å². The van der Waals surface area contributed by atoms with Crippen LogP contribution in [0.4, 0.5) is 4.79 Å². The minimum Gasteiger partial charge on any atom is -0.338 e. The Morgan fingerprint density at radius 3 is 2.44 bits per heavy atom. The van der Waals surface area contributed by atoms with Crippen molar-refractivity contribution < 1.29 is 4.79 Å². The van der Waals surface area contributed by atoms with E-state index < -0.39 is 0 Å². The highest BCUT2D eigenvalue weighted by Crippen LogP contribution is 2.35. The number of hydrogen-bond donors (Lipinski definition) is 2. The lowest BCUT2D eigenvalue weighted by atomic mass is 9.75. The van der Waals surface area contributed by atoms with Crippen LogP contribution in [0, 0.1) is 0 Å². The molecule has 0 aromatic heterocycles. The summed E-state index contributed by atoms with van der Waals surface area (Å²) in [5.74, 6) is 0. The Labute approximate surface area is 98.8 Å². The predicted molar refractivity (Wildman–Crippen MR) is 66.6 cm³/mol. The first-order valence-corrected chi connectivity index (χ1v) is 6.30. The Bertz CT molecular complexity index is 224. The van der Waals surface area contributed by atoms with E-state index in [0.29, 0.717) is 0 Å². The van der Waals surface area contributed by atoms with Crippen LogP contribution in [0.1, 0.15) is 39.0 Å². The first kappa shape index (κ1) is 13.3. The zero-order valence-electron chi connectivity index (χ0n) is 10.8. The van der Waals surface area contributed by atoms with Crippen molar-refractivity contribution in [1.29, 1.82) is 0 Å². The van der Waals surface area contributed by atoms with Crippen molar-refractivity contribution in [2.24, 2.45) is 0 Å². The van der Waals surface area contributed by atoms with E-state index in [-0.39, 0.29) is 11.6 Å². The summed E-state index contributed by atoms with van der Waals surface area (Å²) >= 11 is 0. The molecule has 0 saturated heterocycles. The Hall–Kier alpha value is -0.770. The van der Waals surface area contributed by atoms with Crippen LogP contribution in [0.2, 0.25) is 0 Å². The van der Waals surface area contributed by atoms with Gasteiger partial charge in [-0.3, -0.25) is 0 Å². The molecule has 0 aromatic rings. The lowest BCUT2D eigenvalue weighted by Gasteiger charge is -2.47. The molecule has 0 aliphatic heterocycles. The lowest BCUT2D eigenvalue weighted by Crippen LogP contribution is -2.58. The maximum Gasteiger partial charge on any atom is 0.314 e. The van der Waals surface area contributed by atoms with E-state index in [4.69, 9.17) is 0 Å². The number of likely N-dealkylation sites (N-methyl/N-ethyl adjacent to an activating group) is 1. The number of hydrogen-bond acceptors (Lipinski definition) is 2. The van der Waals surface area contributed by atoms with Crippen molar-refractivity contribution in [3.63, 3.8) is 0 Å². The molecule has 2 amide bonds. The summed E-state index contributed by atoms with van der Waals surface area (Å²) in [4.78, 5) is 13.7. The summed E-state index contributed by atoms with van der Waals surface area (Å²) in [6.45, 7) is 3.66. The molecule has 0 spiro atoms. The summed E-state index contributed by atoms with van der Waals surface area (Å²) < 4.78 is 0. The van der Waals surface area contributed by atoms with Crippen molar-refractivity contribution in [1.82, 2.24) is 15.5 Å². The van der Waals surface area contributed by atoms with Crippen molar-refractivity contribution in [2.75, 3.05) is 27.2 Å². The van der Waals surface area contributed by atoms with Gasteiger partial charge >= 0.3 is 6.03 Å². The number of unbranched alkanes of at least 4 members (excludes halogenated alkanes) is 1. The molecule has 0 radical (unpaired) electrons. The third kappa shape index (κ3) is 3.37. The Morgan fingerprint density at radius 2 is 2.00 bits per heavy atom. The molecule has 0 atom stereocenters. The van der Waals surface area contributed by atoms with Crippen LogP contribution in [-0.2, 0) is 0 Å². The second-order valence-corrected chi connectivity index (χ2v) is 4.94. The number of carbonyl (C=O) groups excluding carboxylic acids is 1. The van der Waals surface area contributed by atoms with Gasteiger partial charge in [-0.1, -0.05) is 13.3 Å². The quantitative estimate of drug-likeness (QED) is 0.677. The minimum absolute atomic E-state index is 0.0263. The van der Waals surface area contributed by atoms with Crippen LogP contribution in [-0.4, -0.2) is 43.7 Å². The molecule has 4 heteroatoms. The summed E-state index contributed by atoms with van der Waals surface area (Å²) in [6.07, 6.45) is 5.82. The second kappa shape index (κ2) is 6.09. The number of amides is 2. The van der Waals surface area contributed by atoms with Gasteiger partial charge in [0.2, 0.25) is 0 Å². The van der Waals surface area contributed by atoms with Gasteiger partial charge in [0.15, 0.2) is 0 Å². The highest BCUT2D eigenvalue weighted by molar-refractivity contribution is 5.73. The zero-order chi connectivity index (χ0) is 12.0. The molecule has 94 valence electrons. The van der Waals surface area contributed by atoms with Crippen molar-refractivity contribution >= 4 is 6.03 Å². The molecule has 16 heavy (non-hydrogen) atoms. The monoisotopic (exact) mass is 227 g/mol. The normalized spacial score (nSPS) is 18.0. The van der Waals surface area contributed by atoms with Gasteiger partial charge in [-0.25, -0.2) is 4.79 Å². The summed E-state index contributed by atoms with van der Waals surface area (Å²) in [5, 5.41) is 5.85. The van der Waals surface area contributed by atoms with Crippen molar-refractivity contribution in [2.45, 2.75) is 44.6 Å². The smallest absolute Gasteiger partial charge is 0.314 e. The maximum atomic E-state index is 11.5. The van der Waals surface area contributed by atoms with E-state index in [1.54, 1.807) is 0 Å². The highest BCUT2D eigenvalue weighted by Gasteiger charge is 2.39. The Morgan fingerprint density at radius 1 is 1.31 bits per heavy atom. The molecule has 2 N–H and O–H groups in total. The molecule has 4 nitrogen and oxygen atoms in total. The van der Waals surface area contributed by atoms with Crippen LogP contribution in [0.3, 0.4) is 0 Å². The van der Waals surface area contributed by atoms with Crippen molar-refractivity contribution in [3.8, 4) is 0 Å². The number of urea groups is 1. The number of nitrogens with one attached hydrogen (secondary N) is 2. The Kier molecular flexibility index (Phi) is 5.06. The van der Waals surface area contributed by atoms with Crippen LogP contribution in [0.5, 0.6) is 0 Å². The van der Waals surface area contributed by atoms with Gasteiger partial charge in [-0.2, -0.15) is 0 Å². The van der Waals surface area contributed by atoms with Gasteiger partial charge in [0.05, 0.1) is 0 Å². The average molecular weight is 227 g/mol. The predicted octanol–water partition coefficient (Wildman–Crippen LogP) is 1.57. The van der Waals surface area contributed by atoms with Gasteiger partial charge in [0, 0.05) is 18.6 Å². The fraction of sp³-hybridized carbons (Fsp3) is 0.917. The molecule has 0 unspecified atom stereocenters. The lowest BCUT2D eigenvalue weighted by molar-refractivity contribution is 0.0625. The number of carbonyl (C=O) groups is 1. The van der Waals surface area contributed by atoms with Gasteiger partial charge in [0.1, 0.15) is 0 Å². The average Bonchev–Trinajstić information content (AvgIpc) is 2.16. The van der Waals surface area contributed by atoms with Gasteiger partial charge in [-0.15, -0.1) is 0 Å². The van der Waals surface area contributed by atoms with E-state index in [0.717, 1.165) is 25.9 Å². The van der Waals surface area contributed by atoms with Gasteiger partial charge in [-0.05, 0) is 39.8 Å². The fourth-order valence-electron chi connectivity index (χ4n) is 2.05. The van der Waals surface area contributed by atoms with E-state index in [1.165, 1.54) is 19.3 Å². The molecular weight excluding hydrogens is 202 g/mol. The molecule has 1 aliphatic rings. The van der Waals surface area contributed by atoms with Crippen LogP contribution in [0.15, 0.2) is 0 Å². The van der Waals surface area contributed by atoms with Crippen molar-refractivity contribution in [3.05, 3.63) is 0 Å². The van der Waals surface area contributed by atoms with Gasteiger partial charge < -0.3 is 15.5 Å². The summed E-state index contributed by atoms with van der Waals surface area (Å²) in [5.41, 5.74) is 0.210. The molecule has 0 bridgehead atoms. The summed E-state index contributed by atoms with van der Waals surface area (Å²) in [7, 11) is 4.19. The Balaban J connectivity index is 2.20. The van der Waals surface area contributed by atoms with E-state index in [1.807, 2.05) is 0 Å². The standard InChI is InChI=1S/C12H25N3O/c1-4-5-9-13-11(16)14-10-12(15(2)3)7-6-8-12/h4-10H2,1-3H3,(H2,13,14,16). The maximum absolute atomic E-state index is 11.5. The van der Waals surface area contributed by atoms with Gasteiger partial charge in [0.25, 0.3) is 0 Å². The molecule has 0 heterocycles. The first-order valence-electron chi connectivity index (χ1n) is 6.30. The highest BCUT2D eigenvalue weighted by atomic mass is 16.2. The van der Waals surface area contributed by atoms with Crippen LogP contribution >= 0.6 is 0 Å². The number of rotatable bonds is 6. The SMILES string of the molecule is CCCCNC(=O)NCC1(N(C)C)CCC1. The largest absolute Gasteiger partial charge is 0.338 e. The molecule has 1 saturated carbocycles. The second-order valence-electron chi connectivity index (χ2n) is 4.94. The third-order valence-electron chi connectivity index (χ3n) is 3.63. The van der Waals surface area contributed by atoms with E-state index >= 15 is 0 Å². The molecular formula is C12H25N3O.